The first kappa shape index (κ1) is 17.8. The van der Waals surface area contributed by atoms with Crippen LogP contribution in [0.25, 0.3) is 10.8 Å². The zero-order valence-electron chi connectivity index (χ0n) is 15.1. The van der Waals surface area contributed by atoms with Crippen LogP contribution in [0.5, 0.6) is 5.75 Å². The monoisotopic (exact) mass is 373 g/mol. The fourth-order valence-electron chi connectivity index (χ4n) is 3.42. The Morgan fingerprint density at radius 2 is 1.59 bits per heavy atom. The van der Waals surface area contributed by atoms with Crippen LogP contribution >= 0.6 is 11.3 Å². The molecule has 2 N–H and O–H groups in total. The molecule has 2 unspecified atom stereocenters. The first-order chi connectivity index (χ1) is 13.3. The summed E-state index contributed by atoms with van der Waals surface area (Å²) in [6.45, 7) is 0. The minimum absolute atomic E-state index is 0.0366. The summed E-state index contributed by atoms with van der Waals surface area (Å²) < 4.78 is 6.51. The van der Waals surface area contributed by atoms with Gasteiger partial charge in [0.25, 0.3) is 0 Å². The van der Waals surface area contributed by atoms with Crippen molar-refractivity contribution in [1.82, 2.24) is 0 Å². The molecule has 0 aliphatic carbocycles. The van der Waals surface area contributed by atoms with Gasteiger partial charge in [-0.2, -0.15) is 0 Å². The molecular formula is C24H23NOS. The summed E-state index contributed by atoms with van der Waals surface area (Å²) in [6.07, 6.45) is 1.58. The zero-order chi connectivity index (χ0) is 18.5. The van der Waals surface area contributed by atoms with Crippen LogP contribution in [0.1, 0.15) is 23.0 Å². The Balaban J connectivity index is 1.56. The van der Waals surface area contributed by atoms with Gasteiger partial charge in [0.15, 0.2) is 0 Å². The van der Waals surface area contributed by atoms with Gasteiger partial charge in [-0.3, -0.25) is 0 Å². The molecule has 0 aliphatic heterocycles. The van der Waals surface area contributed by atoms with E-state index in [-0.39, 0.29) is 12.1 Å². The maximum absolute atomic E-state index is 6.51. The van der Waals surface area contributed by atoms with Crippen molar-refractivity contribution >= 4 is 22.1 Å². The van der Waals surface area contributed by atoms with Crippen molar-refractivity contribution in [3.8, 4) is 5.75 Å². The van der Waals surface area contributed by atoms with E-state index in [1.54, 1.807) is 11.3 Å². The predicted molar refractivity (Wildman–Crippen MR) is 114 cm³/mol. The standard InChI is InChI=1S/C24H23NOS/c25-20(16-18-8-2-1-3-9-18)17-23(24-14-7-15-27-24)26-22-13-6-11-19-10-4-5-12-21(19)22/h1-15,20,23H,16-17,25H2. The van der Waals surface area contributed by atoms with Crippen molar-refractivity contribution in [1.29, 1.82) is 0 Å². The topological polar surface area (TPSA) is 35.2 Å². The molecule has 136 valence electrons. The van der Waals surface area contributed by atoms with Crippen LogP contribution in [-0.2, 0) is 6.42 Å². The molecule has 0 saturated heterocycles. The fourth-order valence-corrected chi connectivity index (χ4v) is 4.19. The Kier molecular flexibility index (Phi) is 5.52. The van der Waals surface area contributed by atoms with E-state index in [0.717, 1.165) is 24.0 Å². The lowest BCUT2D eigenvalue weighted by molar-refractivity contribution is 0.190. The normalized spacial score (nSPS) is 13.4. The van der Waals surface area contributed by atoms with Gasteiger partial charge in [-0.1, -0.05) is 72.8 Å². The molecule has 3 aromatic carbocycles. The van der Waals surface area contributed by atoms with E-state index >= 15 is 0 Å². The lowest BCUT2D eigenvalue weighted by atomic mass is 10.0. The van der Waals surface area contributed by atoms with Crippen molar-refractivity contribution < 1.29 is 4.74 Å². The van der Waals surface area contributed by atoms with E-state index in [0.29, 0.717) is 0 Å². The van der Waals surface area contributed by atoms with Crippen LogP contribution in [0, 0.1) is 0 Å². The van der Waals surface area contributed by atoms with E-state index in [4.69, 9.17) is 10.5 Å². The van der Waals surface area contributed by atoms with Crippen LogP contribution in [-0.4, -0.2) is 6.04 Å². The van der Waals surface area contributed by atoms with Gasteiger partial charge >= 0.3 is 0 Å². The lowest BCUT2D eigenvalue weighted by Crippen LogP contribution is -2.27. The smallest absolute Gasteiger partial charge is 0.134 e. The molecular weight excluding hydrogens is 350 g/mol. The summed E-state index contributed by atoms with van der Waals surface area (Å²) in [7, 11) is 0. The molecule has 0 bridgehead atoms. The first-order valence-electron chi connectivity index (χ1n) is 9.27. The summed E-state index contributed by atoms with van der Waals surface area (Å²) >= 11 is 1.72. The molecule has 0 amide bonds. The summed E-state index contributed by atoms with van der Waals surface area (Å²) in [6, 6.07) is 29.2. The van der Waals surface area contributed by atoms with Gasteiger partial charge < -0.3 is 10.5 Å². The molecule has 2 nitrogen and oxygen atoms in total. The van der Waals surface area contributed by atoms with Crippen LogP contribution in [0.15, 0.2) is 90.3 Å². The summed E-state index contributed by atoms with van der Waals surface area (Å²) in [5.41, 5.74) is 7.77. The van der Waals surface area contributed by atoms with Gasteiger partial charge in [0.1, 0.15) is 11.9 Å². The SMILES string of the molecule is NC(Cc1ccccc1)CC(Oc1cccc2ccccc12)c1cccs1. The van der Waals surface area contributed by atoms with Crippen LogP contribution in [0.3, 0.4) is 0 Å². The second kappa shape index (κ2) is 8.38. The van der Waals surface area contributed by atoms with E-state index in [1.165, 1.54) is 15.8 Å². The quantitative estimate of drug-likeness (QED) is 0.432. The summed E-state index contributed by atoms with van der Waals surface area (Å²) in [4.78, 5) is 1.21. The highest BCUT2D eigenvalue weighted by Gasteiger charge is 2.20. The maximum Gasteiger partial charge on any atom is 0.134 e. The average Bonchev–Trinajstić information content (AvgIpc) is 3.23. The van der Waals surface area contributed by atoms with Crippen molar-refractivity contribution in [3.05, 3.63) is 101 Å². The summed E-state index contributed by atoms with van der Waals surface area (Å²) in [5.74, 6) is 0.915. The minimum Gasteiger partial charge on any atom is -0.484 e. The second-order valence-corrected chi connectivity index (χ2v) is 7.76. The van der Waals surface area contributed by atoms with Gasteiger partial charge in [0.2, 0.25) is 0 Å². The molecule has 0 aliphatic rings. The molecule has 3 heteroatoms. The molecule has 4 rings (SSSR count). The lowest BCUT2D eigenvalue weighted by Gasteiger charge is -2.22. The molecule has 1 heterocycles. The zero-order valence-corrected chi connectivity index (χ0v) is 15.9. The number of benzene rings is 3. The van der Waals surface area contributed by atoms with Gasteiger partial charge in [0.05, 0.1) is 0 Å². The Morgan fingerprint density at radius 3 is 2.41 bits per heavy atom. The third kappa shape index (κ3) is 4.38. The number of nitrogens with two attached hydrogens (primary N) is 1. The third-order valence-corrected chi connectivity index (χ3v) is 5.70. The molecule has 27 heavy (non-hydrogen) atoms. The highest BCUT2D eigenvalue weighted by Crippen LogP contribution is 2.33. The summed E-state index contributed by atoms with van der Waals surface area (Å²) in [5, 5.41) is 4.42. The number of fused-ring (bicyclic) bond motifs is 1. The highest BCUT2D eigenvalue weighted by molar-refractivity contribution is 7.10. The number of ether oxygens (including phenoxy) is 1. The highest BCUT2D eigenvalue weighted by atomic mass is 32.1. The predicted octanol–water partition coefficient (Wildman–Crippen LogP) is 5.98. The van der Waals surface area contributed by atoms with Crippen molar-refractivity contribution in [2.45, 2.75) is 25.0 Å². The van der Waals surface area contributed by atoms with Crippen LogP contribution < -0.4 is 10.5 Å². The maximum atomic E-state index is 6.51. The molecule has 2 atom stereocenters. The Morgan fingerprint density at radius 1 is 0.815 bits per heavy atom. The van der Waals surface area contributed by atoms with Crippen molar-refractivity contribution in [3.63, 3.8) is 0 Å². The first-order valence-corrected chi connectivity index (χ1v) is 10.1. The van der Waals surface area contributed by atoms with E-state index in [9.17, 15) is 0 Å². The fraction of sp³-hybridized carbons (Fsp3) is 0.167. The molecule has 0 fully saturated rings. The van der Waals surface area contributed by atoms with Crippen molar-refractivity contribution in [2.75, 3.05) is 0 Å². The Hall–Kier alpha value is -2.62. The number of hydrogen-bond acceptors (Lipinski definition) is 3. The van der Waals surface area contributed by atoms with Crippen LogP contribution in [0.4, 0.5) is 0 Å². The second-order valence-electron chi connectivity index (χ2n) is 6.78. The molecule has 0 saturated carbocycles. The third-order valence-electron chi connectivity index (χ3n) is 4.74. The minimum atomic E-state index is -0.0467. The Labute approximate surface area is 164 Å². The molecule has 0 radical (unpaired) electrons. The van der Waals surface area contributed by atoms with E-state index in [2.05, 4.69) is 72.1 Å². The largest absolute Gasteiger partial charge is 0.484 e. The Bertz CT molecular complexity index is 976. The number of hydrogen-bond donors (Lipinski definition) is 1. The molecule has 4 aromatic rings. The van der Waals surface area contributed by atoms with Gasteiger partial charge in [0, 0.05) is 22.7 Å². The van der Waals surface area contributed by atoms with Crippen molar-refractivity contribution in [2.24, 2.45) is 5.73 Å². The van der Waals surface area contributed by atoms with E-state index in [1.807, 2.05) is 18.2 Å². The van der Waals surface area contributed by atoms with Gasteiger partial charge in [-0.25, -0.2) is 0 Å². The van der Waals surface area contributed by atoms with Gasteiger partial charge in [-0.15, -0.1) is 11.3 Å². The molecule has 1 aromatic heterocycles. The van der Waals surface area contributed by atoms with E-state index < -0.39 is 0 Å². The van der Waals surface area contributed by atoms with Gasteiger partial charge in [-0.05, 0) is 34.9 Å². The molecule has 0 spiro atoms. The number of rotatable bonds is 7. The van der Waals surface area contributed by atoms with Crippen LogP contribution in [0.2, 0.25) is 0 Å². The number of thiophene rings is 1. The average molecular weight is 374 g/mol.